The molecule has 0 unspecified atom stereocenters. The number of thiazole rings is 1. The molecule has 1 aliphatic heterocycles. The third kappa shape index (κ3) is 5.24. The first-order valence-corrected chi connectivity index (χ1v) is 11.5. The zero-order valence-corrected chi connectivity index (χ0v) is 18.0. The van der Waals surface area contributed by atoms with Crippen molar-refractivity contribution in [2.45, 2.75) is 25.8 Å². The summed E-state index contributed by atoms with van der Waals surface area (Å²) in [7, 11) is 0. The van der Waals surface area contributed by atoms with Crippen LogP contribution in [0.4, 0.5) is 0 Å². The van der Waals surface area contributed by atoms with Gasteiger partial charge in [-0.15, -0.1) is 18.2 Å². The Kier molecular flexibility index (Phi) is 7.16. The maximum atomic E-state index is 12.3. The topological polar surface area (TPSA) is 54.7 Å². The number of likely N-dealkylation sites (tertiary alicyclic amines) is 1. The summed E-state index contributed by atoms with van der Waals surface area (Å²) in [5.74, 6) is 2.99. The summed E-state index contributed by atoms with van der Waals surface area (Å²) < 4.78 is 3.85. The predicted octanol–water partition coefficient (Wildman–Crippen LogP) is 3.27. The van der Waals surface area contributed by atoms with Crippen LogP contribution in [0.15, 0.2) is 27.7 Å². The van der Waals surface area contributed by atoms with E-state index in [-0.39, 0.29) is 17.6 Å². The largest absolute Gasteiger partial charge is 0.342 e. The van der Waals surface area contributed by atoms with Gasteiger partial charge in [0.25, 0.3) is 5.91 Å². The van der Waals surface area contributed by atoms with E-state index in [1.54, 1.807) is 0 Å². The van der Waals surface area contributed by atoms with E-state index in [0.717, 1.165) is 40.6 Å². The van der Waals surface area contributed by atoms with Crippen LogP contribution in [-0.4, -0.2) is 45.9 Å². The molecule has 1 fully saturated rings. The Morgan fingerprint density at radius 3 is 2.78 bits per heavy atom. The Hall–Kier alpha value is -1.56. The zero-order valence-electron chi connectivity index (χ0n) is 14.8. The number of aromatic nitrogens is 1. The van der Waals surface area contributed by atoms with Crippen LogP contribution in [0, 0.1) is 12.3 Å². The van der Waals surface area contributed by atoms with Crippen molar-refractivity contribution in [1.82, 2.24) is 9.47 Å². The van der Waals surface area contributed by atoms with Gasteiger partial charge in [-0.2, -0.15) is 4.99 Å². The standard InChI is InChI=1S/C19H20BrN3O2S2/c1-2-8-23-15-7-6-14(20)11-16(15)27-19(23)21-17(24)12-26-13-18(25)22-9-4-3-5-10-22/h1,6-7,11H,3-5,8-10,12-13H2. The maximum absolute atomic E-state index is 12.3. The Balaban J connectivity index is 1.67. The van der Waals surface area contributed by atoms with Gasteiger partial charge in [-0.25, -0.2) is 0 Å². The van der Waals surface area contributed by atoms with Crippen molar-refractivity contribution in [3.8, 4) is 12.3 Å². The molecule has 3 rings (SSSR count). The highest BCUT2D eigenvalue weighted by Gasteiger charge is 2.16. The fourth-order valence-electron chi connectivity index (χ4n) is 2.98. The lowest BCUT2D eigenvalue weighted by molar-refractivity contribution is -0.129. The molecule has 142 valence electrons. The van der Waals surface area contributed by atoms with Crippen LogP contribution in [0.25, 0.3) is 10.2 Å². The van der Waals surface area contributed by atoms with Gasteiger partial charge in [-0.05, 0) is 37.5 Å². The van der Waals surface area contributed by atoms with Crippen molar-refractivity contribution in [2.75, 3.05) is 24.6 Å². The van der Waals surface area contributed by atoms with Gasteiger partial charge in [-0.1, -0.05) is 33.2 Å². The molecule has 1 aromatic heterocycles. The summed E-state index contributed by atoms with van der Waals surface area (Å²) in [6.45, 7) is 2.02. The number of carbonyl (C=O) groups is 2. The summed E-state index contributed by atoms with van der Waals surface area (Å²) in [4.78, 5) is 31.2. The molecule has 2 amide bonds. The van der Waals surface area contributed by atoms with E-state index in [1.807, 2.05) is 27.7 Å². The van der Waals surface area contributed by atoms with Gasteiger partial charge >= 0.3 is 0 Å². The smallest absolute Gasteiger partial charge is 0.258 e. The number of hydrogen-bond acceptors (Lipinski definition) is 4. The number of halogens is 1. The lowest BCUT2D eigenvalue weighted by Crippen LogP contribution is -2.36. The minimum absolute atomic E-state index is 0.113. The van der Waals surface area contributed by atoms with E-state index >= 15 is 0 Å². The summed E-state index contributed by atoms with van der Waals surface area (Å²) in [5, 5.41) is 0. The molecular formula is C19H20BrN3O2S2. The van der Waals surface area contributed by atoms with Gasteiger partial charge in [-0.3, -0.25) is 9.59 Å². The fraction of sp³-hybridized carbons (Fsp3) is 0.421. The van der Waals surface area contributed by atoms with Crippen molar-refractivity contribution in [3.63, 3.8) is 0 Å². The number of thioether (sulfide) groups is 1. The molecule has 0 spiro atoms. The van der Waals surface area contributed by atoms with Crippen LogP contribution in [0.5, 0.6) is 0 Å². The summed E-state index contributed by atoms with van der Waals surface area (Å²) in [6.07, 6.45) is 8.81. The first kappa shape index (κ1) is 20.2. The van der Waals surface area contributed by atoms with Crippen molar-refractivity contribution in [1.29, 1.82) is 0 Å². The number of fused-ring (bicyclic) bond motifs is 1. The number of nitrogens with zero attached hydrogens (tertiary/aromatic N) is 3. The van der Waals surface area contributed by atoms with Crippen molar-refractivity contribution >= 4 is 61.1 Å². The third-order valence-electron chi connectivity index (χ3n) is 4.27. The first-order chi connectivity index (χ1) is 13.1. The third-order valence-corrected chi connectivity index (χ3v) is 6.71. The SMILES string of the molecule is C#CCn1c(=NC(=O)CSCC(=O)N2CCCCC2)sc2cc(Br)ccc21. The van der Waals surface area contributed by atoms with E-state index in [1.165, 1.54) is 29.5 Å². The molecule has 2 aromatic rings. The highest BCUT2D eigenvalue weighted by atomic mass is 79.9. The molecule has 5 nitrogen and oxygen atoms in total. The molecule has 0 bridgehead atoms. The molecule has 0 atom stereocenters. The zero-order chi connectivity index (χ0) is 19.2. The van der Waals surface area contributed by atoms with Crippen LogP contribution < -0.4 is 4.80 Å². The number of hydrogen-bond donors (Lipinski definition) is 0. The van der Waals surface area contributed by atoms with Gasteiger partial charge in [0.05, 0.1) is 28.3 Å². The quantitative estimate of drug-likeness (QED) is 0.636. The van der Waals surface area contributed by atoms with E-state index in [4.69, 9.17) is 6.42 Å². The second kappa shape index (κ2) is 9.58. The number of amides is 2. The maximum Gasteiger partial charge on any atom is 0.258 e. The second-order valence-corrected chi connectivity index (χ2v) is 9.14. The molecule has 27 heavy (non-hydrogen) atoms. The van der Waals surface area contributed by atoms with Crippen LogP contribution in [0.3, 0.4) is 0 Å². The van der Waals surface area contributed by atoms with E-state index < -0.39 is 0 Å². The van der Waals surface area contributed by atoms with E-state index in [9.17, 15) is 9.59 Å². The predicted molar refractivity (Wildman–Crippen MR) is 115 cm³/mol. The van der Waals surface area contributed by atoms with Gasteiger partial charge in [0.15, 0.2) is 4.80 Å². The number of rotatable bonds is 5. The van der Waals surface area contributed by atoms with Crippen molar-refractivity contribution < 1.29 is 9.59 Å². The molecule has 1 aliphatic rings. The van der Waals surface area contributed by atoms with Gasteiger partial charge in [0.1, 0.15) is 0 Å². The number of benzene rings is 1. The fourth-order valence-corrected chi connectivity index (χ4v) is 5.27. The summed E-state index contributed by atoms with van der Waals surface area (Å²) in [6, 6.07) is 5.89. The summed E-state index contributed by atoms with van der Waals surface area (Å²) in [5.41, 5.74) is 0.959. The molecule has 0 saturated carbocycles. The summed E-state index contributed by atoms with van der Waals surface area (Å²) >= 11 is 6.22. The molecule has 1 aromatic carbocycles. The minimum Gasteiger partial charge on any atom is -0.342 e. The highest BCUT2D eigenvalue weighted by Crippen LogP contribution is 2.22. The molecule has 2 heterocycles. The molecule has 0 aliphatic carbocycles. The minimum atomic E-state index is -0.247. The van der Waals surface area contributed by atoms with Gasteiger partial charge in [0, 0.05) is 17.6 Å². The molecular weight excluding hydrogens is 446 g/mol. The average Bonchev–Trinajstić information content (AvgIpc) is 2.98. The normalized spacial score (nSPS) is 15.1. The van der Waals surface area contributed by atoms with Crippen LogP contribution >= 0.6 is 39.0 Å². The Bertz CT molecular complexity index is 952. The second-order valence-electron chi connectivity index (χ2n) is 6.23. The number of carbonyl (C=O) groups excluding carboxylic acids is 2. The van der Waals surface area contributed by atoms with Crippen LogP contribution in [0.2, 0.25) is 0 Å². The monoisotopic (exact) mass is 465 g/mol. The Morgan fingerprint density at radius 2 is 2.04 bits per heavy atom. The average molecular weight is 466 g/mol. The van der Waals surface area contributed by atoms with Crippen molar-refractivity contribution in [2.24, 2.45) is 4.99 Å². The van der Waals surface area contributed by atoms with E-state index in [2.05, 4.69) is 26.8 Å². The highest BCUT2D eigenvalue weighted by molar-refractivity contribution is 9.10. The molecule has 8 heteroatoms. The molecule has 1 saturated heterocycles. The number of piperidine rings is 1. The van der Waals surface area contributed by atoms with Gasteiger partial charge < -0.3 is 9.47 Å². The van der Waals surface area contributed by atoms with E-state index in [0.29, 0.717) is 17.1 Å². The molecule has 0 radical (unpaired) electrons. The van der Waals surface area contributed by atoms with Crippen LogP contribution in [-0.2, 0) is 16.1 Å². The lowest BCUT2D eigenvalue weighted by atomic mass is 10.1. The van der Waals surface area contributed by atoms with Crippen molar-refractivity contribution in [3.05, 3.63) is 27.5 Å². The van der Waals surface area contributed by atoms with Crippen LogP contribution in [0.1, 0.15) is 19.3 Å². The molecule has 0 N–H and O–H groups in total. The lowest BCUT2D eigenvalue weighted by Gasteiger charge is -2.26. The number of terminal acetylenes is 1. The Labute approximate surface area is 175 Å². The Morgan fingerprint density at radius 1 is 1.26 bits per heavy atom. The first-order valence-electron chi connectivity index (χ1n) is 8.74. The van der Waals surface area contributed by atoms with Gasteiger partial charge in [0.2, 0.25) is 5.91 Å².